The Balaban J connectivity index is 1.80. The molecule has 1 heterocycles. The Hall–Kier alpha value is -3.13. The Morgan fingerprint density at radius 3 is 2.65 bits per heavy atom. The smallest absolute Gasteiger partial charge is 0.337 e. The number of nitrogens with one attached hydrogen (secondary N) is 1. The number of carbonyl (C=O) groups is 2. The molecule has 0 saturated heterocycles. The molecule has 0 spiro atoms. The number of hydrogen-bond acceptors (Lipinski definition) is 6. The zero-order valence-electron chi connectivity index (χ0n) is 13.6. The number of carbonyl (C=O) groups excluding carboxylic acids is 1. The third-order valence-corrected chi connectivity index (χ3v) is 5.02. The SMILES string of the molecule is Nc1cc(C(=O)O)c2sc(NC(=O)C3CC3)nc2c1Oc1ccccc1. The lowest BCUT2D eigenvalue weighted by molar-refractivity contribution is -0.117. The molecule has 1 amide bonds. The maximum Gasteiger partial charge on any atom is 0.337 e. The van der Waals surface area contributed by atoms with Crippen molar-refractivity contribution in [2.75, 3.05) is 11.1 Å². The maximum absolute atomic E-state index is 12.0. The molecular formula is C18H15N3O4S. The number of ether oxygens (including phenoxy) is 1. The number of nitrogens with zero attached hydrogens (tertiary/aromatic N) is 1. The van der Waals surface area contributed by atoms with E-state index in [2.05, 4.69) is 10.3 Å². The standard InChI is InChI=1S/C18H15N3O4S/c19-12-8-11(17(23)24)15-13(14(12)25-10-4-2-1-3-5-10)20-18(26-15)21-16(22)9-6-7-9/h1-5,8-9H,6-7,19H2,(H,23,24)(H,20,21,22). The van der Waals surface area contributed by atoms with E-state index in [0.29, 0.717) is 21.1 Å². The number of benzene rings is 2. The van der Waals surface area contributed by atoms with E-state index >= 15 is 0 Å². The summed E-state index contributed by atoms with van der Waals surface area (Å²) in [5.74, 6) is -0.360. The molecule has 7 nitrogen and oxygen atoms in total. The molecule has 26 heavy (non-hydrogen) atoms. The number of amides is 1. The third-order valence-electron chi connectivity index (χ3n) is 4.02. The van der Waals surface area contributed by atoms with E-state index in [-0.39, 0.29) is 28.8 Å². The van der Waals surface area contributed by atoms with Crippen LogP contribution in [0, 0.1) is 5.92 Å². The molecule has 0 unspecified atom stereocenters. The fraction of sp³-hybridized carbons (Fsp3) is 0.167. The van der Waals surface area contributed by atoms with Gasteiger partial charge in [0.25, 0.3) is 0 Å². The summed E-state index contributed by atoms with van der Waals surface area (Å²) in [5.41, 5.74) is 6.55. The van der Waals surface area contributed by atoms with Gasteiger partial charge in [0.1, 0.15) is 11.3 Å². The molecule has 1 fully saturated rings. The second-order valence-electron chi connectivity index (χ2n) is 6.02. The zero-order chi connectivity index (χ0) is 18.3. The Kier molecular flexibility index (Phi) is 3.96. The molecule has 1 saturated carbocycles. The summed E-state index contributed by atoms with van der Waals surface area (Å²) in [6.07, 6.45) is 1.73. The van der Waals surface area contributed by atoms with E-state index < -0.39 is 5.97 Å². The van der Waals surface area contributed by atoms with Crippen LogP contribution >= 0.6 is 11.3 Å². The third kappa shape index (κ3) is 3.06. The van der Waals surface area contributed by atoms with Crippen LogP contribution in [0.15, 0.2) is 36.4 Å². The number of para-hydroxylation sites is 1. The highest BCUT2D eigenvalue weighted by Crippen LogP contribution is 2.41. The lowest BCUT2D eigenvalue weighted by Gasteiger charge is -2.10. The van der Waals surface area contributed by atoms with Gasteiger partial charge in [0.15, 0.2) is 10.9 Å². The topological polar surface area (TPSA) is 115 Å². The van der Waals surface area contributed by atoms with Gasteiger partial charge in [0, 0.05) is 5.92 Å². The van der Waals surface area contributed by atoms with Crippen LogP contribution < -0.4 is 15.8 Å². The van der Waals surface area contributed by atoms with Crippen molar-refractivity contribution in [1.29, 1.82) is 0 Å². The minimum absolute atomic E-state index is 0.0195. The summed E-state index contributed by atoms with van der Waals surface area (Å²) in [5, 5.41) is 12.6. The van der Waals surface area contributed by atoms with E-state index in [4.69, 9.17) is 10.5 Å². The number of nitrogen functional groups attached to an aromatic ring is 1. The Morgan fingerprint density at radius 2 is 2.00 bits per heavy atom. The van der Waals surface area contributed by atoms with Gasteiger partial charge in [0.05, 0.1) is 16.0 Å². The average molecular weight is 369 g/mol. The maximum atomic E-state index is 12.0. The highest BCUT2D eigenvalue weighted by Gasteiger charge is 2.30. The fourth-order valence-corrected chi connectivity index (χ4v) is 3.53. The molecule has 1 aliphatic carbocycles. The minimum Gasteiger partial charge on any atom is -0.478 e. The number of carboxylic acids is 1. The monoisotopic (exact) mass is 369 g/mol. The molecule has 2 aromatic carbocycles. The summed E-state index contributed by atoms with van der Waals surface area (Å²) >= 11 is 1.10. The van der Waals surface area contributed by atoms with Crippen molar-refractivity contribution in [1.82, 2.24) is 4.98 Å². The van der Waals surface area contributed by atoms with Gasteiger partial charge in [-0.3, -0.25) is 4.79 Å². The van der Waals surface area contributed by atoms with Gasteiger partial charge in [-0.05, 0) is 31.0 Å². The number of anilines is 2. The largest absolute Gasteiger partial charge is 0.478 e. The van der Waals surface area contributed by atoms with Crippen LogP contribution in [0.3, 0.4) is 0 Å². The number of carboxylic acid groups (broad SMARTS) is 1. The molecule has 4 rings (SSSR count). The van der Waals surface area contributed by atoms with Crippen molar-refractivity contribution in [3.8, 4) is 11.5 Å². The quantitative estimate of drug-likeness (QED) is 0.591. The Morgan fingerprint density at radius 1 is 1.27 bits per heavy atom. The van der Waals surface area contributed by atoms with Crippen molar-refractivity contribution < 1.29 is 19.4 Å². The van der Waals surface area contributed by atoms with Gasteiger partial charge in [-0.25, -0.2) is 9.78 Å². The van der Waals surface area contributed by atoms with Crippen molar-refractivity contribution >= 4 is 44.2 Å². The van der Waals surface area contributed by atoms with E-state index in [9.17, 15) is 14.7 Å². The minimum atomic E-state index is -1.11. The van der Waals surface area contributed by atoms with Gasteiger partial charge in [-0.2, -0.15) is 0 Å². The first kappa shape index (κ1) is 16.3. The fourth-order valence-electron chi connectivity index (χ4n) is 2.56. The first-order chi connectivity index (χ1) is 12.5. The number of thiazole rings is 1. The van der Waals surface area contributed by atoms with Crippen LogP contribution in [0.1, 0.15) is 23.2 Å². The van der Waals surface area contributed by atoms with Crippen LogP contribution in [-0.4, -0.2) is 22.0 Å². The molecule has 1 aliphatic rings. The summed E-state index contributed by atoms with van der Waals surface area (Å²) in [6.45, 7) is 0. The second-order valence-corrected chi connectivity index (χ2v) is 7.02. The van der Waals surface area contributed by atoms with Crippen LogP contribution in [-0.2, 0) is 4.79 Å². The van der Waals surface area contributed by atoms with Crippen LogP contribution in [0.5, 0.6) is 11.5 Å². The first-order valence-corrected chi connectivity index (χ1v) is 8.84. The molecule has 0 radical (unpaired) electrons. The summed E-state index contributed by atoms with van der Waals surface area (Å²) in [6, 6.07) is 10.4. The molecule has 0 aliphatic heterocycles. The number of hydrogen-bond donors (Lipinski definition) is 3. The molecule has 8 heteroatoms. The van der Waals surface area contributed by atoms with Crippen molar-refractivity contribution in [3.05, 3.63) is 42.0 Å². The Bertz CT molecular complexity index is 1010. The van der Waals surface area contributed by atoms with E-state index in [0.717, 1.165) is 24.2 Å². The molecule has 0 atom stereocenters. The zero-order valence-corrected chi connectivity index (χ0v) is 14.4. The van der Waals surface area contributed by atoms with Gasteiger partial charge in [-0.15, -0.1) is 0 Å². The normalized spacial score (nSPS) is 13.5. The van der Waals surface area contributed by atoms with Crippen molar-refractivity contribution in [2.24, 2.45) is 5.92 Å². The molecular weight excluding hydrogens is 354 g/mol. The summed E-state index contributed by atoms with van der Waals surface area (Å²) in [4.78, 5) is 28.0. The van der Waals surface area contributed by atoms with Crippen molar-refractivity contribution in [2.45, 2.75) is 12.8 Å². The number of aromatic nitrogens is 1. The van der Waals surface area contributed by atoms with Gasteiger partial charge < -0.3 is 20.9 Å². The average Bonchev–Trinajstić information content (AvgIpc) is 3.39. The molecule has 0 bridgehead atoms. The number of nitrogens with two attached hydrogens (primary N) is 1. The van der Waals surface area contributed by atoms with Gasteiger partial charge >= 0.3 is 5.97 Å². The van der Waals surface area contributed by atoms with E-state index in [1.807, 2.05) is 18.2 Å². The number of aromatic carboxylic acids is 1. The molecule has 132 valence electrons. The number of rotatable bonds is 5. The van der Waals surface area contributed by atoms with Gasteiger partial charge in [0.2, 0.25) is 5.91 Å². The first-order valence-electron chi connectivity index (χ1n) is 8.03. The van der Waals surface area contributed by atoms with Gasteiger partial charge in [-0.1, -0.05) is 29.5 Å². The summed E-state index contributed by atoms with van der Waals surface area (Å²) in [7, 11) is 0. The highest BCUT2D eigenvalue weighted by molar-refractivity contribution is 7.22. The van der Waals surface area contributed by atoms with E-state index in [1.54, 1.807) is 12.1 Å². The molecule has 1 aromatic heterocycles. The predicted molar refractivity (Wildman–Crippen MR) is 98.9 cm³/mol. The van der Waals surface area contributed by atoms with Crippen LogP contribution in [0.4, 0.5) is 10.8 Å². The van der Waals surface area contributed by atoms with Crippen LogP contribution in [0.2, 0.25) is 0 Å². The molecule has 3 aromatic rings. The van der Waals surface area contributed by atoms with Crippen molar-refractivity contribution in [3.63, 3.8) is 0 Å². The Labute approximate surface area is 152 Å². The molecule has 4 N–H and O–H groups in total. The number of fused-ring (bicyclic) bond motifs is 1. The second kappa shape index (κ2) is 6.30. The highest BCUT2D eigenvalue weighted by atomic mass is 32.1. The lowest BCUT2D eigenvalue weighted by atomic mass is 10.1. The predicted octanol–water partition coefficient (Wildman–Crippen LogP) is 3.72. The van der Waals surface area contributed by atoms with Crippen LogP contribution in [0.25, 0.3) is 10.2 Å². The summed E-state index contributed by atoms with van der Waals surface area (Å²) < 4.78 is 6.26. The lowest BCUT2D eigenvalue weighted by Crippen LogP contribution is -2.12. The van der Waals surface area contributed by atoms with E-state index in [1.165, 1.54) is 6.07 Å².